The van der Waals surface area contributed by atoms with Crippen LogP contribution in [0.4, 0.5) is 25.8 Å². The molecule has 4 rings (SSSR count). The second-order valence-electron chi connectivity index (χ2n) is 7.95. The highest BCUT2D eigenvalue weighted by atomic mass is 19.1. The van der Waals surface area contributed by atoms with E-state index >= 15 is 8.78 Å². The van der Waals surface area contributed by atoms with Crippen molar-refractivity contribution in [2.75, 3.05) is 12.4 Å². The quantitative estimate of drug-likeness (QED) is 0.187. The van der Waals surface area contributed by atoms with Gasteiger partial charge in [-0.25, -0.2) is 8.78 Å². The van der Waals surface area contributed by atoms with Gasteiger partial charge in [-0.1, -0.05) is 54.6 Å². The minimum absolute atomic E-state index is 0.0434. The minimum Gasteiger partial charge on any atom is -0.483 e. The van der Waals surface area contributed by atoms with Gasteiger partial charge >= 0.3 is 0 Å². The first kappa shape index (κ1) is 29.5. The maximum Gasteiger partial charge on any atom is 0.290 e. The van der Waals surface area contributed by atoms with Gasteiger partial charge in [0.15, 0.2) is 5.82 Å². The average molecular weight is 519 g/mol. The van der Waals surface area contributed by atoms with E-state index in [0.717, 1.165) is 35.6 Å². The van der Waals surface area contributed by atoms with Crippen molar-refractivity contribution >= 4 is 36.5 Å². The first-order valence-electron chi connectivity index (χ1n) is 11.3. The van der Waals surface area contributed by atoms with Crippen LogP contribution in [0.1, 0.15) is 21.5 Å². The molecule has 0 atom stereocenters. The van der Waals surface area contributed by atoms with Gasteiger partial charge < -0.3 is 15.5 Å². The predicted octanol–water partition coefficient (Wildman–Crippen LogP) is 7.11. The van der Waals surface area contributed by atoms with Crippen molar-refractivity contribution in [3.63, 3.8) is 0 Å². The van der Waals surface area contributed by atoms with Gasteiger partial charge in [0.1, 0.15) is 17.8 Å². The summed E-state index contributed by atoms with van der Waals surface area (Å²) in [4.78, 5) is 23.0. The number of anilines is 2. The molecule has 0 radical (unpaired) electrons. The number of nitrogens with one attached hydrogen (secondary N) is 1. The molecule has 0 saturated heterocycles. The number of aldehydes is 1. The first-order chi connectivity index (χ1) is 18.3. The number of benzene rings is 4. The Morgan fingerprint density at radius 2 is 1.34 bits per heavy atom. The fraction of sp³-hybridized carbons (Fsp3) is 0.100. The fourth-order valence-electron chi connectivity index (χ4n) is 3.68. The Kier molecular flexibility index (Phi) is 11.0. The van der Waals surface area contributed by atoms with E-state index in [2.05, 4.69) is 17.0 Å². The third-order valence-electron chi connectivity index (χ3n) is 5.69. The predicted molar refractivity (Wildman–Crippen MR) is 148 cm³/mol. The van der Waals surface area contributed by atoms with Crippen molar-refractivity contribution in [1.82, 2.24) is 0 Å². The Morgan fingerprint density at radius 1 is 0.816 bits per heavy atom. The number of aryl methyl sites for hydroxylation is 2. The molecular formula is C30H28F2N2O4. The molecule has 4 aromatic carbocycles. The van der Waals surface area contributed by atoms with Crippen molar-refractivity contribution in [2.24, 2.45) is 4.99 Å². The van der Waals surface area contributed by atoms with Gasteiger partial charge in [0.25, 0.3) is 6.47 Å². The van der Waals surface area contributed by atoms with Gasteiger partial charge in [-0.05, 0) is 60.5 Å². The summed E-state index contributed by atoms with van der Waals surface area (Å²) in [5, 5.41) is 16.9. The van der Waals surface area contributed by atoms with Crippen LogP contribution in [0, 0.1) is 25.5 Å². The first-order valence-corrected chi connectivity index (χ1v) is 11.3. The average Bonchev–Trinajstić information content (AvgIpc) is 2.93. The van der Waals surface area contributed by atoms with Gasteiger partial charge in [-0.15, -0.1) is 0 Å². The largest absolute Gasteiger partial charge is 0.483 e. The number of aliphatic hydroxyl groups is 1. The Hall–Kier alpha value is -4.69. The maximum atomic E-state index is 15.4. The summed E-state index contributed by atoms with van der Waals surface area (Å²) < 4.78 is 30.5. The molecule has 8 heteroatoms. The van der Waals surface area contributed by atoms with Crippen molar-refractivity contribution in [3.8, 4) is 22.3 Å². The van der Waals surface area contributed by atoms with Crippen LogP contribution in [0.3, 0.4) is 0 Å². The van der Waals surface area contributed by atoms with E-state index in [-0.39, 0.29) is 23.4 Å². The zero-order valence-corrected chi connectivity index (χ0v) is 21.2. The maximum absolute atomic E-state index is 15.4. The van der Waals surface area contributed by atoms with Crippen molar-refractivity contribution in [1.29, 1.82) is 0 Å². The van der Waals surface area contributed by atoms with Crippen LogP contribution < -0.4 is 5.32 Å². The third-order valence-corrected chi connectivity index (χ3v) is 5.69. The molecule has 0 saturated carbocycles. The molecule has 38 heavy (non-hydrogen) atoms. The van der Waals surface area contributed by atoms with E-state index in [0.29, 0.717) is 16.8 Å². The molecule has 0 aliphatic rings. The van der Waals surface area contributed by atoms with E-state index in [9.17, 15) is 4.79 Å². The molecule has 0 fully saturated rings. The van der Waals surface area contributed by atoms with Crippen LogP contribution in [-0.2, 0) is 4.79 Å². The summed E-state index contributed by atoms with van der Waals surface area (Å²) in [6.45, 7) is 7.20. The minimum atomic E-state index is -0.778. The smallest absolute Gasteiger partial charge is 0.290 e. The number of nitrogens with zero attached hydrogens (tertiary/aromatic N) is 1. The molecule has 0 aliphatic carbocycles. The lowest BCUT2D eigenvalue weighted by atomic mass is 9.98. The number of rotatable bonds is 6. The van der Waals surface area contributed by atoms with Gasteiger partial charge in [0, 0.05) is 24.4 Å². The van der Waals surface area contributed by atoms with Crippen LogP contribution in [0.15, 0.2) is 77.8 Å². The summed E-state index contributed by atoms with van der Waals surface area (Å²) in [5.41, 5.74) is 5.63. The van der Waals surface area contributed by atoms with Gasteiger partial charge in [-0.3, -0.25) is 14.6 Å². The summed E-state index contributed by atoms with van der Waals surface area (Å²) in [7, 11) is 1.00. The van der Waals surface area contributed by atoms with Crippen LogP contribution in [0.25, 0.3) is 22.3 Å². The number of halogens is 2. The lowest BCUT2D eigenvalue weighted by molar-refractivity contribution is -0.122. The van der Waals surface area contributed by atoms with Crippen LogP contribution in [-0.4, -0.2) is 36.8 Å². The van der Waals surface area contributed by atoms with E-state index in [1.54, 1.807) is 36.4 Å². The summed E-state index contributed by atoms with van der Waals surface area (Å²) in [5.74, 6) is -1.48. The zero-order chi connectivity index (χ0) is 28.2. The third kappa shape index (κ3) is 6.96. The summed E-state index contributed by atoms with van der Waals surface area (Å²) >= 11 is 0. The molecule has 3 N–H and O–H groups in total. The molecule has 4 aromatic rings. The number of hydrogen-bond acceptors (Lipinski definition) is 5. The SMILES string of the molecule is C=Nc1c(Nc2ccc(C)c(C)c2)cc(F)c(-c2ccc(-c3ccc(C=O)cc3)cc2)c1F.CO.O=CO. The monoisotopic (exact) mass is 518 g/mol. The van der Waals surface area contributed by atoms with E-state index in [4.69, 9.17) is 15.0 Å². The van der Waals surface area contributed by atoms with Crippen molar-refractivity contribution in [3.05, 3.63) is 101 Å². The van der Waals surface area contributed by atoms with Crippen LogP contribution in [0.2, 0.25) is 0 Å². The second kappa shape index (κ2) is 14.2. The number of hydrogen-bond donors (Lipinski definition) is 3. The molecule has 0 heterocycles. The highest BCUT2D eigenvalue weighted by Gasteiger charge is 2.20. The molecule has 0 amide bonds. The zero-order valence-electron chi connectivity index (χ0n) is 21.2. The lowest BCUT2D eigenvalue weighted by Crippen LogP contribution is -1.98. The number of aliphatic imine (C=N–C) groups is 1. The normalized spacial score (nSPS) is 9.74. The van der Waals surface area contributed by atoms with E-state index in [1.807, 2.05) is 44.2 Å². The van der Waals surface area contributed by atoms with Gasteiger partial charge in [0.2, 0.25) is 0 Å². The van der Waals surface area contributed by atoms with E-state index < -0.39 is 11.6 Å². The molecule has 6 nitrogen and oxygen atoms in total. The standard InChI is InChI=1S/C28H22F2N2O.CH2O2.CH4O/c1-17-4-13-23(14-18(17)2)32-25-15-24(29)26(27(30)28(25)31-3)22-11-9-21(10-12-22)20-7-5-19(16-33)6-8-20;2-1-3;1-2/h4-16,32H,3H2,1-2H3;1H,(H,2,3);2H,1H3. The molecule has 0 spiro atoms. The Bertz CT molecular complexity index is 1400. The Labute approximate surface area is 219 Å². The molecular weight excluding hydrogens is 490 g/mol. The molecule has 0 unspecified atom stereocenters. The summed E-state index contributed by atoms with van der Waals surface area (Å²) in [6, 6.07) is 20.9. The molecule has 0 bridgehead atoms. The van der Waals surface area contributed by atoms with Gasteiger partial charge in [0.05, 0.1) is 11.3 Å². The number of carboxylic acid groups (broad SMARTS) is 1. The van der Waals surface area contributed by atoms with E-state index in [1.165, 1.54) is 6.07 Å². The molecule has 0 aliphatic heterocycles. The summed E-state index contributed by atoms with van der Waals surface area (Å²) in [6.07, 6.45) is 0.780. The topological polar surface area (TPSA) is 99.0 Å². The Morgan fingerprint density at radius 3 is 1.84 bits per heavy atom. The molecule has 0 aromatic heterocycles. The Balaban J connectivity index is 0.000000947. The number of carbonyl (C=O) groups excluding carboxylic acids is 1. The highest BCUT2D eigenvalue weighted by Crippen LogP contribution is 2.39. The fourth-order valence-corrected chi connectivity index (χ4v) is 3.68. The second-order valence-corrected chi connectivity index (χ2v) is 7.95. The highest BCUT2D eigenvalue weighted by molar-refractivity contribution is 5.82. The van der Waals surface area contributed by atoms with Crippen molar-refractivity contribution < 1.29 is 28.6 Å². The van der Waals surface area contributed by atoms with Crippen molar-refractivity contribution in [2.45, 2.75) is 13.8 Å². The van der Waals surface area contributed by atoms with Crippen LogP contribution in [0.5, 0.6) is 0 Å². The molecule has 196 valence electrons. The number of aliphatic hydroxyl groups excluding tert-OH is 1. The van der Waals surface area contributed by atoms with Gasteiger partial charge in [-0.2, -0.15) is 0 Å². The lowest BCUT2D eigenvalue weighted by Gasteiger charge is -2.15. The number of carbonyl (C=O) groups is 2. The van der Waals surface area contributed by atoms with Crippen LogP contribution >= 0.6 is 0 Å².